The Balaban J connectivity index is 1.68. The van der Waals surface area contributed by atoms with Crippen LogP contribution in [0.2, 0.25) is 0 Å². The van der Waals surface area contributed by atoms with E-state index in [4.69, 9.17) is 9.47 Å². The number of benzene rings is 3. The molecule has 0 amide bonds. The molecule has 0 unspecified atom stereocenters. The second kappa shape index (κ2) is 7.70. The quantitative estimate of drug-likeness (QED) is 0.586. The van der Waals surface area contributed by atoms with Gasteiger partial charge >= 0.3 is 0 Å². The molecule has 27 heavy (non-hydrogen) atoms. The molecule has 0 aliphatic carbocycles. The van der Waals surface area contributed by atoms with Crippen molar-refractivity contribution in [3.63, 3.8) is 0 Å². The lowest BCUT2D eigenvalue weighted by Gasteiger charge is -2.22. The third-order valence-corrected chi connectivity index (χ3v) is 5.06. The summed E-state index contributed by atoms with van der Waals surface area (Å²) in [6.07, 6.45) is 4.28. The monoisotopic (exact) mass is 360 g/mol. The Hall–Kier alpha value is -3.01. The fourth-order valence-electron chi connectivity index (χ4n) is 3.61. The number of fused-ring (bicyclic) bond motifs is 1. The van der Waals surface area contributed by atoms with Crippen molar-refractivity contribution in [1.29, 1.82) is 0 Å². The Morgan fingerprint density at radius 2 is 1.59 bits per heavy atom. The van der Waals surface area contributed by atoms with Crippen molar-refractivity contribution in [2.75, 3.05) is 32.2 Å². The van der Waals surface area contributed by atoms with Crippen LogP contribution in [0.3, 0.4) is 0 Å². The van der Waals surface area contributed by atoms with Crippen LogP contribution < -0.4 is 14.4 Å². The highest BCUT2D eigenvalue weighted by atomic mass is 16.5. The van der Waals surface area contributed by atoms with E-state index in [9.17, 15) is 0 Å². The first-order valence-corrected chi connectivity index (χ1v) is 9.32. The second-order valence-corrected chi connectivity index (χ2v) is 6.75. The van der Waals surface area contributed by atoms with Gasteiger partial charge in [-0.25, -0.2) is 0 Å². The summed E-state index contributed by atoms with van der Waals surface area (Å²) in [7, 11) is 3.41. The third kappa shape index (κ3) is 3.61. The molecule has 0 saturated carbocycles. The summed E-state index contributed by atoms with van der Waals surface area (Å²) in [5.41, 5.74) is 2.92. The molecule has 138 valence electrons. The van der Waals surface area contributed by atoms with Crippen molar-refractivity contribution < 1.29 is 9.47 Å². The van der Waals surface area contributed by atoms with Gasteiger partial charge in [0, 0.05) is 30.9 Å². The normalized spacial score (nSPS) is 14.2. The van der Waals surface area contributed by atoms with Crippen molar-refractivity contribution >= 4 is 28.4 Å². The summed E-state index contributed by atoms with van der Waals surface area (Å²) in [5, 5.41) is 2.40. The summed E-state index contributed by atoms with van der Waals surface area (Å²) in [6, 6.07) is 18.6. The van der Waals surface area contributed by atoms with Crippen LogP contribution >= 0.6 is 0 Å². The molecule has 4 rings (SSSR count). The number of anilines is 1. The first kappa shape index (κ1) is 17.4. The number of nitrogens with zero attached hydrogens (tertiary/aromatic N) is 2. The average molecular weight is 360 g/mol. The van der Waals surface area contributed by atoms with E-state index in [1.165, 1.54) is 23.6 Å². The van der Waals surface area contributed by atoms with Crippen LogP contribution in [0.1, 0.15) is 18.4 Å². The minimum atomic E-state index is 0.808. The fraction of sp³-hybridized carbons (Fsp3) is 0.261. The van der Waals surface area contributed by atoms with Crippen molar-refractivity contribution in [2.45, 2.75) is 12.8 Å². The summed E-state index contributed by atoms with van der Waals surface area (Å²) < 4.78 is 11.3. The minimum Gasteiger partial charge on any atom is -0.496 e. The lowest BCUT2D eigenvalue weighted by Crippen LogP contribution is -2.18. The van der Waals surface area contributed by atoms with Gasteiger partial charge in [0.25, 0.3) is 0 Å². The first-order valence-electron chi connectivity index (χ1n) is 9.32. The zero-order valence-electron chi connectivity index (χ0n) is 15.8. The molecule has 0 radical (unpaired) electrons. The van der Waals surface area contributed by atoms with E-state index in [-0.39, 0.29) is 0 Å². The predicted octanol–water partition coefficient (Wildman–Crippen LogP) is 5.21. The van der Waals surface area contributed by atoms with Crippen molar-refractivity contribution in [2.24, 2.45) is 4.99 Å². The number of aliphatic imine (C=N–C) groups is 1. The van der Waals surface area contributed by atoms with Crippen LogP contribution in [0.15, 0.2) is 59.6 Å². The number of rotatable bonds is 5. The molecule has 1 saturated heterocycles. The van der Waals surface area contributed by atoms with Crippen LogP contribution in [-0.4, -0.2) is 33.5 Å². The highest BCUT2D eigenvalue weighted by Gasteiger charge is 2.19. The first-order chi connectivity index (χ1) is 13.3. The highest BCUT2D eigenvalue weighted by Crippen LogP contribution is 2.36. The molecule has 1 heterocycles. The Morgan fingerprint density at radius 1 is 0.852 bits per heavy atom. The molecule has 1 fully saturated rings. The van der Waals surface area contributed by atoms with Gasteiger partial charge < -0.3 is 14.4 Å². The minimum absolute atomic E-state index is 0.808. The van der Waals surface area contributed by atoms with Crippen molar-refractivity contribution in [3.8, 4) is 11.5 Å². The largest absolute Gasteiger partial charge is 0.496 e. The van der Waals surface area contributed by atoms with Gasteiger partial charge in [0.2, 0.25) is 0 Å². The van der Waals surface area contributed by atoms with Gasteiger partial charge in [-0.2, -0.15) is 0 Å². The second-order valence-electron chi connectivity index (χ2n) is 6.75. The summed E-state index contributed by atoms with van der Waals surface area (Å²) in [6.45, 7) is 2.12. The third-order valence-electron chi connectivity index (χ3n) is 5.06. The van der Waals surface area contributed by atoms with E-state index in [0.717, 1.165) is 41.5 Å². The molecule has 0 N–H and O–H groups in total. The maximum absolute atomic E-state index is 5.65. The molecular weight excluding hydrogens is 336 g/mol. The van der Waals surface area contributed by atoms with E-state index in [0.29, 0.717) is 0 Å². The van der Waals surface area contributed by atoms with Crippen LogP contribution in [-0.2, 0) is 0 Å². The number of hydrogen-bond donors (Lipinski definition) is 0. The Labute approximate surface area is 160 Å². The molecule has 3 aromatic rings. The fourth-order valence-corrected chi connectivity index (χ4v) is 3.61. The molecule has 4 nitrogen and oxygen atoms in total. The smallest absolute Gasteiger partial charge is 0.143 e. The topological polar surface area (TPSA) is 34.1 Å². The summed E-state index contributed by atoms with van der Waals surface area (Å²) >= 11 is 0. The lowest BCUT2D eigenvalue weighted by atomic mass is 10.1. The van der Waals surface area contributed by atoms with Gasteiger partial charge in [-0.15, -0.1) is 0 Å². The SMILES string of the molecule is COc1cc(N2CCCC2)c(OC)cc1C=Nc1ccc2ccccc2c1. The molecule has 0 atom stereocenters. The molecule has 0 bridgehead atoms. The molecular formula is C23H24N2O2. The van der Waals surface area contributed by atoms with Crippen LogP contribution in [0, 0.1) is 0 Å². The number of ether oxygens (including phenoxy) is 2. The molecule has 0 aromatic heterocycles. The van der Waals surface area contributed by atoms with Gasteiger partial charge in [0.05, 0.1) is 25.6 Å². The highest BCUT2D eigenvalue weighted by molar-refractivity contribution is 5.90. The van der Waals surface area contributed by atoms with E-state index in [1.807, 2.05) is 30.5 Å². The van der Waals surface area contributed by atoms with E-state index >= 15 is 0 Å². The predicted molar refractivity (Wildman–Crippen MR) is 112 cm³/mol. The lowest BCUT2D eigenvalue weighted by molar-refractivity contribution is 0.402. The van der Waals surface area contributed by atoms with E-state index in [1.54, 1.807) is 14.2 Å². The molecule has 4 heteroatoms. The van der Waals surface area contributed by atoms with Gasteiger partial charge in [-0.05, 0) is 41.8 Å². The maximum Gasteiger partial charge on any atom is 0.143 e. The average Bonchev–Trinajstić information content (AvgIpc) is 3.26. The zero-order chi connectivity index (χ0) is 18.6. The molecule has 3 aromatic carbocycles. The Kier molecular flexibility index (Phi) is 4.97. The van der Waals surface area contributed by atoms with Gasteiger partial charge in [0.1, 0.15) is 11.5 Å². The van der Waals surface area contributed by atoms with Gasteiger partial charge in [0.15, 0.2) is 0 Å². The van der Waals surface area contributed by atoms with Gasteiger partial charge in [-0.3, -0.25) is 4.99 Å². The van der Waals surface area contributed by atoms with E-state index in [2.05, 4.69) is 40.2 Å². The molecule has 1 aliphatic heterocycles. The number of methoxy groups -OCH3 is 2. The van der Waals surface area contributed by atoms with Crippen molar-refractivity contribution in [3.05, 3.63) is 60.2 Å². The van der Waals surface area contributed by atoms with Gasteiger partial charge in [-0.1, -0.05) is 30.3 Å². The summed E-state index contributed by atoms with van der Waals surface area (Å²) in [5.74, 6) is 1.67. The van der Waals surface area contributed by atoms with E-state index < -0.39 is 0 Å². The standard InChI is InChI=1S/C23H24N2O2/c1-26-22-15-21(25-11-5-6-12-25)23(27-2)14-19(22)16-24-20-10-9-17-7-3-4-8-18(17)13-20/h3-4,7-10,13-16H,5-6,11-12H2,1-2H3. The number of hydrogen-bond acceptors (Lipinski definition) is 4. The molecule has 0 spiro atoms. The summed E-state index contributed by atoms with van der Waals surface area (Å²) in [4.78, 5) is 7.02. The maximum atomic E-state index is 5.65. The molecule has 1 aliphatic rings. The van der Waals surface area contributed by atoms with Crippen LogP contribution in [0.25, 0.3) is 10.8 Å². The van der Waals surface area contributed by atoms with Crippen LogP contribution in [0.5, 0.6) is 11.5 Å². The van der Waals surface area contributed by atoms with Crippen molar-refractivity contribution in [1.82, 2.24) is 0 Å². The van der Waals surface area contributed by atoms with Crippen LogP contribution in [0.4, 0.5) is 11.4 Å². The Bertz CT molecular complexity index is 975. The Morgan fingerprint density at radius 3 is 2.33 bits per heavy atom. The zero-order valence-corrected chi connectivity index (χ0v) is 15.8.